The molecule has 1 rings (SSSR count). The third kappa shape index (κ3) is 5.16. The van der Waals surface area contributed by atoms with Crippen LogP contribution in [0.3, 0.4) is 0 Å². The first-order valence-corrected chi connectivity index (χ1v) is 11.8. The van der Waals surface area contributed by atoms with E-state index in [1.807, 2.05) is 0 Å². The van der Waals surface area contributed by atoms with Crippen LogP contribution >= 0.6 is 22.6 Å². The van der Waals surface area contributed by atoms with Gasteiger partial charge in [0.1, 0.15) is 0 Å². The summed E-state index contributed by atoms with van der Waals surface area (Å²) in [5.74, 6) is 0.744. The topological polar surface area (TPSA) is 9.23 Å². The van der Waals surface area contributed by atoms with Gasteiger partial charge in [0.15, 0.2) is 8.32 Å². The van der Waals surface area contributed by atoms with Crippen molar-refractivity contribution in [1.29, 1.82) is 0 Å². The molecule has 0 amide bonds. The quantitative estimate of drug-likeness (QED) is 0.402. The Morgan fingerprint density at radius 3 is 2.37 bits per heavy atom. The summed E-state index contributed by atoms with van der Waals surface area (Å²) in [6.45, 7) is 14.1. The predicted octanol–water partition coefficient (Wildman–Crippen LogP) is 6.30. The van der Waals surface area contributed by atoms with Crippen molar-refractivity contribution in [2.45, 2.75) is 84.0 Å². The lowest BCUT2D eigenvalue weighted by Crippen LogP contribution is -2.46. The van der Waals surface area contributed by atoms with Gasteiger partial charge in [0.25, 0.3) is 0 Å². The molecular weight excluding hydrogens is 363 g/mol. The third-order valence-electron chi connectivity index (χ3n) is 4.86. The molecule has 2 atom stereocenters. The maximum atomic E-state index is 6.71. The van der Waals surface area contributed by atoms with Crippen LogP contribution in [0.4, 0.5) is 0 Å². The molecule has 0 N–H and O–H groups in total. The lowest BCUT2D eigenvalue weighted by Gasteiger charge is -2.43. The highest BCUT2D eigenvalue weighted by Gasteiger charge is 2.41. The Morgan fingerprint density at radius 2 is 1.84 bits per heavy atom. The van der Waals surface area contributed by atoms with E-state index in [1.165, 1.54) is 37.7 Å². The van der Waals surface area contributed by atoms with Gasteiger partial charge in [-0.2, -0.15) is 0 Å². The van der Waals surface area contributed by atoms with Crippen LogP contribution in [0.5, 0.6) is 0 Å². The smallest absolute Gasteiger partial charge is 0.192 e. The molecule has 1 aliphatic rings. The van der Waals surface area contributed by atoms with Crippen LogP contribution in [0.2, 0.25) is 18.1 Å². The molecule has 0 bridgehead atoms. The maximum absolute atomic E-state index is 6.71. The predicted molar refractivity (Wildman–Crippen MR) is 96.4 cm³/mol. The van der Waals surface area contributed by atoms with Crippen molar-refractivity contribution in [3.63, 3.8) is 0 Å². The summed E-state index contributed by atoms with van der Waals surface area (Å²) in [6.07, 6.45) is 7.08. The van der Waals surface area contributed by atoms with Crippen LogP contribution < -0.4 is 0 Å². The van der Waals surface area contributed by atoms with Crippen molar-refractivity contribution in [2.75, 3.05) is 0 Å². The van der Waals surface area contributed by atoms with E-state index in [0.29, 0.717) is 11.1 Å². The van der Waals surface area contributed by atoms with E-state index < -0.39 is 8.32 Å². The number of allylic oxidation sites excluding steroid dienone is 1. The van der Waals surface area contributed by atoms with Crippen molar-refractivity contribution in [3.8, 4) is 0 Å². The SMILES string of the molecule is C/C(=C\I)C[C@H]1CCCC[C@@H]1O[Si](C)(C)C(C)(C)C. The Kier molecular flexibility index (Phi) is 6.59. The van der Waals surface area contributed by atoms with Crippen LogP contribution in [0.25, 0.3) is 0 Å². The monoisotopic (exact) mass is 394 g/mol. The van der Waals surface area contributed by atoms with Crippen molar-refractivity contribution >= 4 is 30.9 Å². The molecule has 112 valence electrons. The number of hydrogen-bond donors (Lipinski definition) is 0. The highest BCUT2D eigenvalue weighted by Crippen LogP contribution is 2.41. The molecular formula is C16H31IOSi. The van der Waals surface area contributed by atoms with E-state index in [-0.39, 0.29) is 0 Å². The van der Waals surface area contributed by atoms with E-state index in [2.05, 4.69) is 67.5 Å². The van der Waals surface area contributed by atoms with Gasteiger partial charge in [-0.15, -0.1) is 0 Å². The third-order valence-corrected chi connectivity index (χ3v) is 10.4. The second-order valence-electron chi connectivity index (χ2n) is 7.62. The van der Waals surface area contributed by atoms with Crippen molar-refractivity contribution in [2.24, 2.45) is 5.92 Å². The van der Waals surface area contributed by atoms with Crippen LogP contribution in [0.15, 0.2) is 9.66 Å². The lowest BCUT2D eigenvalue weighted by molar-refractivity contribution is 0.0792. The summed E-state index contributed by atoms with van der Waals surface area (Å²) in [6, 6.07) is 0. The van der Waals surface area contributed by atoms with Gasteiger partial charge in [-0.25, -0.2) is 0 Å². The van der Waals surface area contributed by atoms with Gasteiger partial charge in [-0.05, 0) is 54.3 Å². The van der Waals surface area contributed by atoms with E-state index >= 15 is 0 Å². The number of hydrogen-bond acceptors (Lipinski definition) is 1. The van der Waals surface area contributed by atoms with Gasteiger partial charge in [-0.3, -0.25) is 0 Å². The molecule has 1 aliphatic carbocycles. The Labute approximate surface area is 134 Å². The first kappa shape index (κ1) is 17.7. The minimum Gasteiger partial charge on any atom is -0.414 e. The molecule has 0 aromatic rings. The van der Waals surface area contributed by atoms with E-state index in [9.17, 15) is 0 Å². The molecule has 3 heteroatoms. The van der Waals surface area contributed by atoms with Gasteiger partial charge >= 0.3 is 0 Å². The standard InChI is InChI=1S/C16H31IOSi/c1-13(12-17)11-14-9-7-8-10-15(14)18-19(5,6)16(2,3)4/h12,14-15H,7-11H2,1-6H3/b13-12+/t14-,15+/m1/s1. The molecule has 0 spiro atoms. The van der Waals surface area contributed by atoms with Gasteiger partial charge < -0.3 is 4.43 Å². The summed E-state index contributed by atoms with van der Waals surface area (Å²) in [7, 11) is -1.62. The second-order valence-corrected chi connectivity index (χ2v) is 13.0. The van der Waals surface area contributed by atoms with Gasteiger partial charge in [-0.1, -0.05) is 61.8 Å². The van der Waals surface area contributed by atoms with Crippen LogP contribution in [0, 0.1) is 5.92 Å². The fraction of sp³-hybridized carbons (Fsp3) is 0.875. The summed E-state index contributed by atoms with van der Waals surface area (Å²) in [5, 5.41) is 0.323. The molecule has 19 heavy (non-hydrogen) atoms. The average molecular weight is 394 g/mol. The zero-order valence-electron chi connectivity index (χ0n) is 13.6. The molecule has 0 saturated heterocycles. The Bertz CT molecular complexity index is 317. The van der Waals surface area contributed by atoms with E-state index in [1.54, 1.807) is 0 Å². The van der Waals surface area contributed by atoms with Crippen LogP contribution in [-0.2, 0) is 4.43 Å². The first-order valence-electron chi connectivity index (χ1n) is 7.61. The largest absolute Gasteiger partial charge is 0.414 e. The van der Waals surface area contributed by atoms with E-state index in [0.717, 1.165) is 5.92 Å². The highest BCUT2D eigenvalue weighted by molar-refractivity contribution is 14.1. The molecule has 1 nitrogen and oxygen atoms in total. The molecule has 0 heterocycles. The molecule has 0 aromatic carbocycles. The zero-order valence-corrected chi connectivity index (χ0v) is 16.7. The Balaban J connectivity index is 2.73. The Morgan fingerprint density at radius 1 is 1.26 bits per heavy atom. The van der Waals surface area contributed by atoms with Crippen LogP contribution in [0.1, 0.15) is 59.8 Å². The zero-order chi connectivity index (χ0) is 14.7. The Hall–Kier alpha value is 0.647. The van der Waals surface area contributed by atoms with Crippen molar-refractivity contribution in [1.82, 2.24) is 0 Å². The fourth-order valence-corrected chi connectivity index (χ4v) is 4.25. The maximum Gasteiger partial charge on any atom is 0.192 e. The van der Waals surface area contributed by atoms with Crippen molar-refractivity contribution in [3.05, 3.63) is 9.66 Å². The summed E-state index contributed by atoms with van der Waals surface area (Å²) in [5.41, 5.74) is 1.51. The number of halogens is 1. The van der Waals surface area contributed by atoms with Crippen molar-refractivity contribution < 1.29 is 4.43 Å². The number of rotatable bonds is 4. The van der Waals surface area contributed by atoms with Crippen LogP contribution in [-0.4, -0.2) is 14.4 Å². The fourth-order valence-electron chi connectivity index (χ4n) is 2.58. The van der Waals surface area contributed by atoms with Gasteiger partial charge in [0.05, 0.1) is 0 Å². The summed E-state index contributed by atoms with van der Waals surface area (Å²) >= 11 is 2.36. The minimum atomic E-state index is -1.62. The first-order chi connectivity index (χ1) is 8.67. The summed E-state index contributed by atoms with van der Waals surface area (Å²) in [4.78, 5) is 0. The molecule has 0 unspecified atom stereocenters. The molecule has 1 saturated carbocycles. The molecule has 0 aromatic heterocycles. The highest BCUT2D eigenvalue weighted by atomic mass is 127. The van der Waals surface area contributed by atoms with Gasteiger partial charge in [0, 0.05) is 6.10 Å². The van der Waals surface area contributed by atoms with E-state index in [4.69, 9.17) is 4.43 Å². The average Bonchev–Trinajstić information content (AvgIpc) is 2.29. The van der Waals surface area contributed by atoms with Gasteiger partial charge in [0.2, 0.25) is 0 Å². The summed E-state index contributed by atoms with van der Waals surface area (Å²) < 4.78 is 8.94. The minimum absolute atomic E-state index is 0.323. The second kappa shape index (κ2) is 7.08. The molecule has 1 fully saturated rings. The normalized spacial score (nSPS) is 26.6. The lowest BCUT2D eigenvalue weighted by atomic mass is 9.83. The molecule has 0 aliphatic heterocycles. The molecule has 0 radical (unpaired) electrons.